The Labute approximate surface area is 194 Å². The first-order chi connectivity index (χ1) is 15.1. The SMILES string of the molecule is Oc1cc(Cl)c(N2CCN(c3ccc(C(F)(F)F)cc3)CC2)c(Cl)c1.Oc1ccccc1. The van der Waals surface area contributed by atoms with E-state index in [1.54, 1.807) is 24.3 Å². The maximum absolute atomic E-state index is 12.6. The molecule has 9 heteroatoms. The Kier molecular flexibility index (Phi) is 7.64. The lowest BCUT2D eigenvalue weighted by Crippen LogP contribution is -2.46. The van der Waals surface area contributed by atoms with Crippen molar-refractivity contribution in [1.29, 1.82) is 0 Å². The number of rotatable bonds is 2. The highest BCUT2D eigenvalue weighted by Crippen LogP contribution is 2.38. The van der Waals surface area contributed by atoms with Gasteiger partial charge in [-0.2, -0.15) is 13.2 Å². The molecule has 3 aromatic rings. The zero-order valence-electron chi connectivity index (χ0n) is 16.9. The van der Waals surface area contributed by atoms with E-state index in [2.05, 4.69) is 0 Å². The van der Waals surface area contributed by atoms with Crippen molar-refractivity contribution in [2.75, 3.05) is 36.0 Å². The molecule has 32 heavy (non-hydrogen) atoms. The second-order valence-corrected chi connectivity index (χ2v) is 7.93. The third-order valence-corrected chi connectivity index (χ3v) is 5.49. The van der Waals surface area contributed by atoms with E-state index in [0.29, 0.717) is 47.7 Å². The van der Waals surface area contributed by atoms with Crippen LogP contribution >= 0.6 is 23.2 Å². The summed E-state index contributed by atoms with van der Waals surface area (Å²) < 4.78 is 37.9. The van der Waals surface area contributed by atoms with Gasteiger partial charge in [0.05, 0.1) is 21.3 Å². The van der Waals surface area contributed by atoms with Crippen molar-refractivity contribution >= 4 is 34.6 Å². The molecule has 4 rings (SSSR count). The maximum atomic E-state index is 12.6. The predicted octanol–water partition coefficient (Wildman–Crippen LogP) is 6.44. The van der Waals surface area contributed by atoms with Gasteiger partial charge in [-0.3, -0.25) is 0 Å². The summed E-state index contributed by atoms with van der Waals surface area (Å²) in [6.07, 6.45) is -4.33. The van der Waals surface area contributed by atoms with Gasteiger partial charge in [0.1, 0.15) is 11.5 Å². The molecule has 0 aliphatic carbocycles. The lowest BCUT2D eigenvalue weighted by atomic mass is 10.1. The van der Waals surface area contributed by atoms with Crippen LogP contribution in [-0.4, -0.2) is 36.4 Å². The van der Waals surface area contributed by atoms with E-state index in [9.17, 15) is 18.3 Å². The molecule has 1 saturated heterocycles. The van der Waals surface area contributed by atoms with Crippen LogP contribution in [0.25, 0.3) is 0 Å². The lowest BCUT2D eigenvalue weighted by molar-refractivity contribution is -0.137. The fourth-order valence-electron chi connectivity index (χ4n) is 3.33. The van der Waals surface area contributed by atoms with Crippen molar-refractivity contribution in [3.05, 3.63) is 82.3 Å². The molecule has 2 N–H and O–H groups in total. The topological polar surface area (TPSA) is 46.9 Å². The fraction of sp³-hybridized carbons (Fsp3) is 0.217. The van der Waals surface area contributed by atoms with Crippen molar-refractivity contribution in [1.82, 2.24) is 0 Å². The molecule has 0 atom stereocenters. The molecule has 0 aromatic heterocycles. The van der Waals surface area contributed by atoms with Gasteiger partial charge in [0, 0.05) is 44.0 Å². The van der Waals surface area contributed by atoms with Gasteiger partial charge >= 0.3 is 6.18 Å². The number of phenols is 2. The van der Waals surface area contributed by atoms with Gasteiger partial charge in [-0.05, 0) is 36.4 Å². The number of aromatic hydroxyl groups is 2. The highest BCUT2D eigenvalue weighted by molar-refractivity contribution is 6.39. The summed E-state index contributed by atoms with van der Waals surface area (Å²) in [4.78, 5) is 4.02. The number of halogens is 5. The number of piperazine rings is 1. The molecule has 0 radical (unpaired) electrons. The van der Waals surface area contributed by atoms with E-state index in [-0.39, 0.29) is 5.75 Å². The maximum Gasteiger partial charge on any atom is 0.416 e. The van der Waals surface area contributed by atoms with Crippen molar-refractivity contribution < 1.29 is 23.4 Å². The monoisotopic (exact) mass is 484 g/mol. The average Bonchev–Trinajstić information content (AvgIpc) is 2.74. The Balaban J connectivity index is 0.000000352. The molecule has 0 saturated carbocycles. The second kappa shape index (κ2) is 10.2. The van der Waals surface area contributed by atoms with Gasteiger partial charge in [0.2, 0.25) is 0 Å². The number of phenolic OH excluding ortho intramolecular Hbond substituents is 2. The molecule has 0 bridgehead atoms. The summed E-state index contributed by atoms with van der Waals surface area (Å²) in [5.41, 5.74) is 0.751. The first-order valence-electron chi connectivity index (χ1n) is 9.74. The number of anilines is 2. The lowest BCUT2D eigenvalue weighted by Gasteiger charge is -2.38. The molecule has 1 aliphatic rings. The molecule has 4 nitrogen and oxygen atoms in total. The third-order valence-electron chi connectivity index (χ3n) is 4.91. The fourth-order valence-corrected chi connectivity index (χ4v) is 4.05. The number of hydrogen-bond acceptors (Lipinski definition) is 4. The molecular weight excluding hydrogens is 464 g/mol. The predicted molar refractivity (Wildman–Crippen MR) is 122 cm³/mol. The average molecular weight is 485 g/mol. The number of nitrogens with zero attached hydrogens (tertiary/aromatic N) is 2. The van der Waals surface area contributed by atoms with Crippen molar-refractivity contribution in [3.63, 3.8) is 0 Å². The van der Waals surface area contributed by atoms with Crippen LogP contribution in [0, 0.1) is 0 Å². The van der Waals surface area contributed by atoms with Crippen molar-refractivity contribution in [2.24, 2.45) is 0 Å². The van der Waals surface area contributed by atoms with Crippen LogP contribution in [0.4, 0.5) is 24.5 Å². The van der Waals surface area contributed by atoms with Gasteiger partial charge in [0.15, 0.2) is 0 Å². The highest BCUT2D eigenvalue weighted by atomic mass is 35.5. The molecule has 170 valence electrons. The quantitative estimate of drug-likeness (QED) is 0.439. The van der Waals surface area contributed by atoms with E-state index in [1.165, 1.54) is 24.3 Å². The molecule has 0 unspecified atom stereocenters. The van der Waals surface area contributed by atoms with E-state index < -0.39 is 11.7 Å². The largest absolute Gasteiger partial charge is 0.508 e. The van der Waals surface area contributed by atoms with Crippen LogP contribution in [-0.2, 0) is 6.18 Å². The summed E-state index contributed by atoms with van der Waals surface area (Å²) in [7, 11) is 0. The third kappa shape index (κ3) is 6.14. The number of benzene rings is 3. The first kappa shape index (κ1) is 23.9. The molecule has 3 aromatic carbocycles. The Bertz CT molecular complexity index is 1000. The summed E-state index contributed by atoms with van der Waals surface area (Å²) in [5, 5.41) is 18.9. The zero-order chi connectivity index (χ0) is 23.3. The molecular formula is C23H21Cl2F3N2O2. The summed E-state index contributed by atoms with van der Waals surface area (Å²) in [6, 6.07) is 16.7. The Morgan fingerprint density at radius 3 is 1.62 bits per heavy atom. The van der Waals surface area contributed by atoms with E-state index >= 15 is 0 Å². The van der Waals surface area contributed by atoms with Crippen LogP contribution in [0.2, 0.25) is 10.0 Å². The van der Waals surface area contributed by atoms with Crippen LogP contribution in [0.5, 0.6) is 11.5 Å². The molecule has 1 aliphatic heterocycles. The molecule has 1 fully saturated rings. The minimum Gasteiger partial charge on any atom is -0.508 e. The first-order valence-corrected chi connectivity index (χ1v) is 10.5. The minimum absolute atomic E-state index is 0.00198. The van der Waals surface area contributed by atoms with E-state index in [1.807, 2.05) is 15.9 Å². The molecule has 0 spiro atoms. The molecule has 1 heterocycles. The summed E-state index contributed by atoms with van der Waals surface area (Å²) in [5.74, 6) is 0.324. The van der Waals surface area contributed by atoms with E-state index in [0.717, 1.165) is 17.8 Å². The van der Waals surface area contributed by atoms with Gasteiger partial charge in [-0.15, -0.1) is 0 Å². The summed E-state index contributed by atoms with van der Waals surface area (Å²) >= 11 is 12.4. The Morgan fingerprint density at radius 2 is 1.19 bits per heavy atom. The number of alkyl halides is 3. The van der Waals surface area contributed by atoms with Crippen LogP contribution in [0.1, 0.15) is 5.56 Å². The van der Waals surface area contributed by atoms with Gasteiger partial charge in [-0.25, -0.2) is 0 Å². The van der Waals surface area contributed by atoms with Crippen LogP contribution < -0.4 is 9.80 Å². The van der Waals surface area contributed by atoms with E-state index in [4.69, 9.17) is 28.3 Å². The normalized spacial score (nSPS) is 14.0. The molecule has 0 amide bonds. The van der Waals surface area contributed by atoms with Gasteiger partial charge < -0.3 is 20.0 Å². The van der Waals surface area contributed by atoms with Gasteiger partial charge in [-0.1, -0.05) is 41.4 Å². The standard InChI is InChI=1S/C17H15Cl2F3N2O.C6H6O/c18-14-9-13(25)10-15(19)16(14)24-7-5-23(6-8-24)12-3-1-11(2-4-12)17(20,21)22;7-6-4-2-1-3-5-6/h1-4,9-10,25H,5-8H2;1-5,7H. The zero-order valence-corrected chi connectivity index (χ0v) is 18.4. The van der Waals surface area contributed by atoms with Crippen LogP contribution in [0.15, 0.2) is 66.7 Å². The Hall–Kier alpha value is -2.77. The van der Waals surface area contributed by atoms with Crippen LogP contribution in [0.3, 0.4) is 0 Å². The smallest absolute Gasteiger partial charge is 0.416 e. The number of hydrogen-bond donors (Lipinski definition) is 2. The highest BCUT2D eigenvalue weighted by Gasteiger charge is 2.30. The van der Waals surface area contributed by atoms with Crippen molar-refractivity contribution in [3.8, 4) is 11.5 Å². The number of para-hydroxylation sites is 1. The summed E-state index contributed by atoms with van der Waals surface area (Å²) in [6.45, 7) is 2.48. The van der Waals surface area contributed by atoms with Gasteiger partial charge in [0.25, 0.3) is 0 Å². The van der Waals surface area contributed by atoms with Crippen molar-refractivity contribution in [2.45, 2.75) is 6.18 Å². The minimum atomic E-state index is -4.33. The second-order valence-electron chi connectivity index (χ2n) is 7.11. The Morgan fingerprint density at radius 1 is 0.688 bits per heavy atom.